The molecule has 0 amide bonds. The lowest BCUT2D eigenvalue weighted by Crippen LogP contribution is -2.23. The predicted octanol–water partition coefficient (Wildman–Crippen LogP) is 3.16. The van der Waals surface area contributed by atoms with Gasteiger partial charge in [0.2, 0.25) is 5.28 Å². The molecule has 0 N–H and O–H groups in total. The molecule has 0 radical (unpaired) electrons. The van der Waals surface area contributed by atoms with Crippen LogP contribution in [0, 0.1) is 0 Å². The summed E-state index contributed by atoms with van der Waals surface area (Å²) in [5, 5.41) is 0.196. The van der Waals surface area contributed by atoms with Gasteiger partial charge in [-0.2, -0.15) is 9.97 Å². The minimum atomic E-state index is -0.354. The van der Waals surface area contributed by atoms with Crippen LogP contribution in [0.15, 0.2) is 30.6 Å². The standard InChI is InChI=1S/C18H20ClN5O2/c1-4-23(5-2)15-14-16(22-18(19)21-15)24(11-20-14)10-12-6-8-13(9-7-12)17(25)26-3/h6-9,11H,4-5,10H2,1-3H3. The van der Waals surface area contributed by atoms with E-state index in [1.165, 1.54) is 7.11 Å². The highest BCUT2D eigenvalue weighted by Crippen LogP contribution is 2.24. The van der Waals surface area contributed by atoms with Crippen LogP contribution in [0.1, 0.15) is 29.8 Å². The summed E-state index contributed by atoms with van der Waals surface area (Å²) >= 11 is 6.14. The fraction of sp³-hybridized carbons (Fsp3) is 0.333. The van der Waals surface area contributed by atoms with Crippen LogP contribution < -0.4 is 4.90 Å². The van der Waals surface area contributed by atoms with E-state index in [-0.39, 0.29) is 11.3 Å². The maximum absolute atomic E-state index is 11.5. The summed E-state index contributed by atoms with van der Waals surface area (Å²) in [6.07, 6.45) is 1.73. The molecule has 0 saturated carbocycles. The third-order valence-electron chi connectivity index (χ3n) is 4.21. The number of fused-ring (bicyclic) bond motifs is 1. The van der Waals surface area contributed by atoms with Crippen molar-refractivity contribution in [3.8, 4) is 0 Å². The Balaban J connectivity index is 1.95. The maximum Gasteiger partial charge on any atom is 0.337 e. The highest BCUT2D eigenvalue weighted by molar-refractivity contribution is 6.28. The van der Waals surface area contributed by atoms with Crippen molar-refractivity contribution < 1.29 is 9.53 Å². The van der Waals surface area contributed by atoms with E-state index in [1.54, 1.807) is 18.5 Å². The lowest BCUT2D eigenvalue weighted by molar-refractivity contribution is 0.0600. The number of carbonyl (C=O) groups is 1. The van der Waals surface area contributed by atoms with Gasteiger partial charge in [-0.05, 0) is 43.1 Å². The van der Waals surface area contributed by atoms with E-state index in [0.29, 0.717) is 17.8 Å². The van der Waals surface area contributed by atoms with Gasteiger partial charge in [0.15, 0.2) is 17.0 Å². The Morgan fingerprint density at radius 2 is 1.88 bits per heavy atom. The van der Waals surface area contributed by atoms with Gasteiger partial charge in [0.25, 0.3) is 0 Å². The molecule has 0 aliphatic heterocycles. The molecule has 0 spiro atoms. The molecule has 0 atom stereocenters. The lowest BCUT2D eigenvalue weighted by atomic mass is 10.1. The molecule has 0 bridgehead atoms. The number of hydrogen-bond donors (Lipinski definition) is 0. The first-order valence-corrected chi connectivity index (χ1v) is 8.75. The summed E-state index contributed by atoms with van der Waals surface area (Å²) in [5.41, 5.74) is 2.94. The summed E-state index contributed by atoms with van der Waals surface area (Å²) < 4.78 is 6.64. The Morgan fingerprint density at radius 1 is 1.19 bits per heavy atom. The van der Waals surface area contributed by atoms with Crippen molar-refractivity contribution in [2.24, 2.45) is 0 Å². The van der Waals surface area contributed by atoms with Gasteiger partial charge in [-0.1, -0.05) is 12.1 Å². The molecule has 8 heteroatoms. The summed E-state index contributed by atoms with van der Waals surface area (Å²) in [5.74, 6) is 0.387. The number of carbonyl (C=O) groups excluding carboxylic acids is 1. The molecule has 0 unspecified atom stereocenters. The first-order chi connectivity index (χ1) is 12.6. The Hall–Kier alpha value is -2.67. The highest BCUT2D eigenvalue weighted by atomic mass is 35.5. The Bertz CT molecular complexity index is 919. The Labute approximate surface area is 156 Å². The predicted molar refractivity (Wildman–Crippen MR) is 101 cm³/mol. The molecule has 2 heterocycles. The molecule has 0 saturated heterocycles. The van der Waals surface area contributed by atoms with Crippen molar-refractivity contribution in [2.75, 3.05) is 25.1 Å². The molecular weight excluding hydrogens is 354 g/mol. The first kappa shape index (κ1) is 18.1. The number of rotatable bonds is 6. The SMILES string of the molecule is CCN(CC)c1nc(Cl)nc2c1ncn2Cc1ccc(C(=O)OC)cc1. The van der Waals surface area contributed by atoms with Crippen molar-refractivity contribution in [1.29, 1.82) is 0 Å². The van der Waals surface area contributed by atoms with Gasteiger partial charge in [-0.3, -0.25) is 0 Å². The van der Waals surface area contributed by atoms with E-state index in [2.05, 4.69) is 33.7 Å². The normalized spacial score (nSPS) is 10.9. The molecule has 3 rings (SSSR count). The second-order valence-electron chi connectivity index (χ2n) is 5.72. The van der Waals surface area contributed by atoms with Crippen LogP contribution in [-0.2, 0) is 11.3 Å². The molecule has 7 nitrogen and oxygen atoms in total. The van der Waals surface area contributed by atoms with Crippen LogP contribution >= 0.6 is 11.6 Å². The smallest absolute Gasteiger partial charge is 0.337 e. The van der Waals surface area contributed by atoms with Crippen LogP contribution in [0.25, 0.3) is 11.2 Å². The average molecular weight is 374 g/mol. The Kier molecular flexibility index (Phi) is 5.37. The number of aromatic nitrogens is 4. The number of nitrogens with zero attached hydrogens (tertiary/aromatic N) is 5. The minimum Gasteiger partial charge on any atom is -0.465 e. The van der Waals surface area contributed by atoms with Crippen molar-refractivity contribution in [2.45, 2.75) is 20.4 Å². The summed E-state index contributed by atoms with van der Waals surface area (Å²) in [6.45, 7) is 6.29. The fourth-order valence-electron chi connectivity index (χ4n) is 2.82. The van der Waals surface area contributed by atoms with Crippen LogP contribution in [0.3, 0.4) is 0 Å². The zero-order chi connectivity index (χ0) is 18.7. The molecule has 0 aliphatic rings. The number of methoxy groups -OCH3 is 1. The summed E-state index contributed by atoms with van der Waals surface area (Å²) in [7, 11) is 1.37. The third-order valence-corrected chi connectivity index (χ3v) is 4.38. The number of halogens is 1. The molecule has 0 aliphatic carbocycles. The van der Waals surface area contributed by atoms with Crippen LogP contribution in [0.5, 0.6) is 0 Å². The monoisotopic (exact) mass is 373 g/mol. The molecular formula is C18H20ClN5O2. The maximum atomic E-state index is 11.5. The van der Waals surface area contributed by atoms with E-state index in [4.69, 9.17) is 16.3 Å². The number of imidazole rings is 1. The van der Waals surface area contributed by atoms with Gasteiger partial charge in [0.05, 0.1) is 25.5 Å². The van der Waals surface area contributed by atoms with Crippen molar-refractivity contribution in [3.63, 3.8) is 0 Å². The Morgan fingerprint density at radius 3 is 2.50 bits per heavy atom. The molecule has 26 heavy (non-hydrogen) atoms. The number of esters is 1. The van der Waals surface area contributed by atoms with E-state index in [0.717, 1.165) is 30.0 Å². The molecule has 136 valence electrons. The molecule has 2 aromatic heterocycles. The highest BCUT2D eigenvalue weighted by Gasteiger charge is 2.16. The van der Waals surface area contributed by atoms with E-state index >= 15 is 0 Å². The molecule has 3 aromatic rings. The fourth-order valence-corrected chi connectivity index (χ4v) is 2.98. The van der Waals surface area contributed by atoms with Crippen LogP contribution in [0.2, 0.25) is 5.28 Å². The van der Waals surface area contributed by atoms with Crippen molar-refractivity contribution in [1.82, 2.24) is 19.5 Å². The number of hydrogen-bond acceptors (Lipinski definition) is 6. The topological polar surface area (TPSA) is 73.1 Å². The van der Waals surface area contributed by atoms with Gasteiger partial charge in [0, 0.05) is 13.1 Å². The second kappa shape index (κ2) is 7.70. The summed E-state index contributed by atoms with van der Waals surface area (Å²) in [4.78, 5) is 26.8. The van der Waals surface area contributed by atoms with Gasteiger partial charge >= 0.3 is 5.97 Å². The van der Waals surface area contributed by atoms with Gasteiger partial charge in [-0.25, -0.2) is 9.78 Å². The largest absolute Gasteiger partial charge is 0.465 e. The van der Waals surface area contributed by atoms with Crippen LogP contribution in [0.4, 0.5) is 5.82 Å². The third kappa shape index (κ3) is 3.48. The number of anilines is 1. The van der Waals surface area contributed by atoms with Gasteiger partial charge < -0.3 is 14.2 Å². The van der Waals surface area contributed by atoms with Crippen molar-refractivity contribution >= 4 is 34.6 Å². The van der Waals surface area contributed by atoms with Gasteiger partial charge in [0.1, 0.15) is 0 Å². The molecule has 0 fully saturated rings. The zero-order valence-corrected chi connectivity index (χ0v) is 15.7. The van der Waals surface area contributed by atoms with E-state index < -0.39 is 0 Å². The second-order valence-corrected chi connectivity index (χ2v) is 6.06. The van der Waals surface area contributed by atoms with E-state index in [9.17, 15) is 4.79 Å². The number of benzene rings is 1. The zero-order valence-electron chi connectivity index (χ0n) is 14.9. The van der Waals surface area contributed by atoms with Gasteiger partial charge in [-0.15, -0.1) is 0 Å². The lowest BCUT2D eigenvalue weighted by Gasteiger charge is -2.19. The van der Waals surface area contributed by atoms with Crippen molar-refractivity contribution in [3.05, 3.63) is 47.0 Å². The minimum absolute atomic E-state index is 0.196. The summed E-state index contributed by atoms with van der Waals surface area (Å²) in [6, 6.07) is 7.24. The quantitative estimate of drug-likeness (QED) is 0.488. The molecule has 1 aromatic carbocycles. The number of ether oxygens (including phenoxy) is 1. The van der Waals surface area contributed by atoms with Crippen LogP contribution in [-0.4, -0.2) is 45.7 Å². The first-order valence-electron chi connectivity index (χ1n) is 8.37. The van der Waals surface area contributed by atoms with E-state index in [1.807, 2.05) is 16.7 Å². The average Bonchev–Trinajstić information content (AvgIpc) is 3.05.